The summed E-state index contributed by atoms with van der Waals surface area (Å²) in [5, 5.41) is 3.44. The summed E-state index contributed by atoms with van der Waals surface area (Å²) in [6.07, 6.45) is 0.946. The van der Waals surface area contributed by atoms with Gasteiger partial charge in [0.2, 0.25) is 0 Å². The van der Waals surface area contributed by atoms with Gasteiger partial charge in [0.1, 0.15) is 5.82 Å². The van der Waals surface area contributed by atoms with E-state index in [1.54, 1.807) is 19.2 Å². The van der Waals surface area contributed by atoms with E-state index in [0.29, 0.717) is 23.8 Å². The Morgan fingerprint density at radius 3 is 2.81 bits per heavy atom. The summed E-state index contributed by atoms with van der Waals surface area (Å²) in [4.78, 5) is 0. The molecule has 0 aromatic heterocycles. The van der Waals surface area contributed by atoms with E-state index in [1.165, 1.54) is 6.07 Å². The molecule has 0 aliphatic rings. The standard InChI is InChI=1S/C12H17ClFNO/c1-3-7-16-8-11(15-2)12-9(13)5-4-6-10(12)14/h4-6,11,15H,3,7-8H2,1-2H3. The summed E-state index contributed by atoms with van der Waals surface area (Å²) in [5.41, 5.74) is 0.475. The quantitative estimate of drug-likeness (QED) is 0.778. The Hall–Kier alpha value is -0.640. The Bertz CT molecular complexity index is 313. The first-order chi connectivity index (χ1) is 7.70. The molecule has 0 radical (unpaired) electrons. The SMILES string of the molecule is CCCOCC(NC)c1c(F)cccc1Cl. The van der Waals surface area contributed by atoms with Crippen LogP contribution >= 0.6 is 11.6 Å². The zero-order valence-electron chi connectivity index (χ0n) is 9.59. The molecule has 0 aliphatic carbocycles. The van der Waals surface area contributed by atoms with E-state index in [2.05, 4.69) is 5.32 Å². The van der Waals surface area contributed by atoms with Crippen molar-refractivity contribution in [2.75, 3.05) is 20.3 Å². The van der Waals surface area contributed by atoms with E-state index in [-0.39, 0.29) is 11.9 Å². The smallest absolute Gasteiger partial charge is 0.129 e. The maximum atomic E-state index is 13.6. The number of rotatable bonds is 6. The molecule has 0 heterocycles. The molecule has 0 saturated carbocycles. The minimum Gasteiger partial charge on any atom is -0.379 e. The van der Waals surface area contributed by atoms with Gasteiger partial charge in [-0.3, -0.25) is 0 Å². The molecule has 0 aliphatic heterocycles. The van der Waals surface area contributed by atoms with Crippen molar-refractivity contribution in [1.29, 1.82) is 0 Å². The molecule has 1 aromatic carbocycles. The van der Waals surface area contributed by atoms with Crippen LogP contribution in [0.2, 0.25) is 5.02 Å². The first-order valence-electron chi connectivity index (χ1n) is 5.39. The van der Waals surface area contributed by atoms with Gasteiger partial charge in [-0.15, -0.1) is 0 Å². The number of benzene rings is 1. The van der Waals surface area contributed by atoms with Gasteiger partial charge < -0.3 is 10.1 Å². The molecule has 1 unspecified atom stereocenters. The van der Waals surface area contributed by atoms with E-state index in [1.807, 2.05) is 6.92 Å². The zero-order valence-corrected chi connectivity index (χ0v) is 10.4. The van der Waals surface area contributed by atoms with E-state index in [4.69, 9.17) is 16.3 Å². The van der Waals surface area contributed by atoms with Gasteiger partial charge in [0.25, 0.3) is 0 Å². The lowest BCUT2D eigenvalue weighted by atomic mass is 10.1. The molecule has 1 atom stereocenters. The van der Waals surface area contributed by atoms with Gasteiger partial charge in [0.05, 0.1) is 12.6 Å². The van der Waals surface area contributed by atoms with Crippen molar-refractivity contribution in [2.24, 2.45) is 0 Å². The lowest BCUT2D eigenvalue weighted by molar-refractivity contribution is 0.113. The van der Waals surface area contributed by atoms with Gasteiger partial charge in [0.15, 0.2) is 0 Å². The monoisotopic (exact) mass is 245 g/mol. The molecular formula is C12H17ClFNO. The minimum absolute atomic E-state index is 0.208. The summed E-state index contributed by atoms with van der Waals surface area (Å²) < 4.78 is 19.0. The highest BCUT2D eigenvalue weighted by Gasteiger charge is 2.17. The van der Waals surface area contributed by atoms with E-state index >= 15 is 0 Å². The third-order valence-electron chi connectivity index (χ3n) is 2.33. The van der Waals surface area contributed by atoms with Crippen molar-refractivity contribution >= 4 is 11.6 Å². The highest BCUT2D eigenvalue weighted by atomic mass is 35.5. The maximum Gasteiger partial charge on any atom is 0.129 e. The van der Waals surface area contributed by atoms with Crippen LogP contribution in [0.1, 0.15) is 24.9 Å². The van der Waals surface area contributed by atoms with Crippen molar-refractivity contribution in [2.45, 2.75) is 19.4 Å². The van der Waals surface area contributed by atoms with E-state index in [0.717, 1.165) is 6.42 Å². The van der Waals surface area contributed by atoms with Crippen molar-refractivity contribution in [3.8, 4) is 0 Å². The number of likely N-dealkylation sites (N-methyl/N-ethyl adjacent to an activating group) is 1. The fourth-order valence-corrected chi connectivity index (χ4v) is 1.79. The fraction of sp³-hybridized carbons (Fsp3) is 0.500. The Morgan fingerprint density at radius 1 is 1.50 bits per heavy atom. The average Bonchev–Trinajstić information content (AvgIpc) is 2.26. The number of hydrogen-bond donors (Lipinski definition) is 1. The largest absolute Gasteiger partial charge is 0.379 e. The molecule has 2 nitrogen and oxygen atoms in total. The predicted molar refractivity (Wildman–Crippen MR) is 64.3 cm³/mol. The van der Waals surface area contributed by atoms with Gasteiger partial charge in [-0.1, -0.05) is 24.6 Å². The summed E-state index contributed by atoms with van der Waals surface area (Å²) in [6, 6.07) is 4.48. The van der Waals surface area contributed by atoms with Crippen molar-refractivity contribution in [1.82, 2.24) is 5.32 Å². The van der Waals surface area contributed by atoms with Gasteiger partial charge in [-0.05, 0) is 25.6 Å². The topological polar surface area (TPSA) is 21.3 Å². The van der Waals surface area contributed by atoms with Gasteiger partial charge in [-0.2, -0.15) is 0 Å². The normalized spacial score (nSPS) is 12.8. The molecule has 0 bridgehead atoms. The van der Waals surface area contributed by atoms with Crippen LogP contribution in [-0.4, -0.2) is 20.3 Å². The van der Waals surface area contributed by atoms with Crippen molar-refractivity contribution < 1.29 is 9.13 Å². The molecule has 0 amide bonds. The second kappa shape index (κ2) is 6.84. The fourth-order valence-electron chi connectivity index (χ4n) is 1.50. The van der Waals surface area contributed by atoms with Crippen LogP contribution in [-0.2, 0) is 4.74 Å². The number of halogens is 2. The first kappa shape index (κ1) is 13.4. The molecule has 1 aromatic rings. The van der Waals surface area contributed by atoms with Crippen LogP contribution in [0.5, 0.6) is 0 Å². The summed E-state index contributed by atoms with van der Waals surface area (Å²) in [6.45, 7) is 3.12. The molecule has 16 heavy (non-hydrogen) atoms. The molecule has 1 rings (SSSR count). The molecule has 90 valence electrons. The van der Waals surface area contributed by atoms with Crippen molar-refractivity contribution in [3.05, 3.63) is 34.6 Å². The second-order valence-corrected chi connectivity index (χ2v) is 3.96. The Balaban J connectivity index is 2.78. The molecule has 1 N–H and O–H groups in total. The average molecular weight is 246 g/mol. The summed E-state index contributed by atoms with van der Waals surface area (Å²) in [7, 11) is 1.77. The highest BCUT2D eigenvalue weighted by molar-refractivity contribution is 6.31. The third kappa shape index (κ3) is 3.44. The Morgan fingerprint density at radius 2 is 2.25 bits per heavy atom. The lowest BCUT2D eigenvalue weighted by Gasteiger charge is -2.18. The predicted octanol–water partition coefficient (Wildman–Crippen LogP) is 3.17. The van der Waals surface area contributed by atoms with Crippen LogP contribution in [0.15, 0.2) is 18.2 Å². The van der Waals surface area contributed by atoms with Crippen molar-refractivity contribution in [3.63, 3.8) is 0 Å². The van der Waals surface area contributed by atoms with Gasteiger partial charge >= 0.3 is 0 Å². The Kier molecular flexibility index (Phi) is 5.74. The van der Waals surface area contributed by atoms with Crippen LogP contribution in [0, 0.1) is 5.82 Å². The van der Waals surface area contributed by atoms with E-state index in [9.17, 15) is 4.39 Å². The number of ether oxygens (including phenoxy) is 1. The number of hydrogen-bond acceptors (Lipinski definition) is 2. The molecule has 0 fully saturated rings. The third-order valence-corrected chi connectivity index (χ3v) is 2.66. The second-order valence-electron chi connectivity index (χ2n) is 3.55. The van der Waals surface area contributed by atoms with Gasteiger partial charge in [0, 0.05) is 17.2 Å². The zero-order chi connectivity index (χ0) is 12.0. The molecule has 4 heteroatoms. The highest BCUT2D eigenvalue weighted by Crippen LogP contribution is 2.25. The van der Waals surface area contributed by atoms with Crippen LogP contribution < -0.4 is 5.32 Å². The van der Waals surface area contributed by atoms with Crippen LogP contribution in [0.4, 0.5) is 4.39 Å². The maximum absolute atomic E-state index is 13.6. The minimum atomic E-state index is -0.299. The molecule has 0 spiro atoms. The Labute approximate surface area is 101 Å². The summed E-state index contributed by atoms with van der Waals surface area (Å²) in [5.74, 6) is -0.299. The lowest BCUT2D eigenvalue weighted by Crippen LogP contribution is -2.23. The van der Waals surface area contributed by atoms with Gasteiger partial charge in [-0.25, -0.2) is 4.39 Å². The number of nitrogens with one attached hydrogen (secondary N) is 1. The summed E-state index contributed by atoms with van der Waals surface area (Å²) >= 11 is 5.98. The molecule has 0 saturated heterocycles. The van der Waals surface area contributed by atoms with Crippen LogP contribution in [0.25, 0.3) is 0 Å². The van der Waals surface area contributed by atoms with E-state index < -0.39 is 0 Å². The van der Waals surface area contributed by atoms with Crippen LogP contribution in [0.3, 0.4) is 0 Å². The first-order valence-corrected chi connectivity index (χ1v) is 5.77. The molecular weight excluding hydrogens is 229 g/mol.